The first-order chi connectivity index (χ1) is 11.3. The van der Waals surface area contributed by atoms with Gasteiger partial charge in [-0.15, -0.1) is 0 Å². The SMILES string of the molecule is O=C(c1c[nH]c2ncccc12)N1CCSC[C@H]1c1ccccc1. The molecule has 3 aromatic rings. The number of pyridine rings is 1. The molecule has 23 heavy (non-hydrogen) atoms. The summed E-state index contributed by atoms with van der Waals surface area (Å²) < 4.78 is 0. The molecule has 1 atom stereocenters. The minimum Gasteiger partial charge on any atom is -0.345 e. The van der Waals surface area contributed by atoms with Crippen LogP contribution >= 0.6 is 11.8 Å². The van der Waals surface area contributed by atoms with Crippen molar-refractivity contribution < 1.29 is 4.79 Å². The number of fused-ring (bicyclic) bond motifs is 1. The third-order valence-corrected chi connectivity index (χ3v) is 5.28. The number of benzene rings is 1. The van der Waals surface area contributed by atoms with Gasteiger partial charge in [0.05, 0.1) is 11.6 Å². The van der Waals surface area contributed by atoms with E-state index in [2.05, 4.69) is 22.1 Å². The fourth-order valence-corrected chi connectivity index (χ4v) is 4.17. The van der Waals surface area contributed by atoms with Crippen LogP contribution in [0.2, 0.25) is 0 Å². The fourth-order valence-electron chi connectivity index (χ4n) is 3.09. The van der Waals surface area contributed by atoms with Crippen molar-refractivity contribution in [3.8, 4) is 0 Å². The molecule has 4 nitrogen and oxygen atoms in total. The molecule has 116 valence electrons. The molecule has 1 saturated heterocycles. The van der Waals surface area contributed by atoms with E-state index < -0.39 is 0 Å². The Balaban J connectivity index is 1.71. The Labute approximate surface area is 138 Å². The highest BCUT2D eigenvalue weighted by atomic mass is 32.2. The zero-order valence-electron chi connectivity index (χ0n) is 12.6. The van der Waals surface area contributed by atoms with Gasteiger partial charge in [0.15, 0.2) is 0 Å². The molecule has 5 heteroatoms. The van der Waals surface area contributed by atoms with Crippen molar-refractivity contribution in [2.45, 2.75) is 6.04 Å². The molecule has 3 heterocycles. The molecule has 1 N–H and O–H groups in total. The van der Waals surface area contributed by atoms with Crippen LogP contribution in [-0.4, -0.2) is 38.8 Å². The van der Waals surface area contributed by atoms with Crippen molar-refractivity contribution in [3.05, 3.63) is 66.0 Å². The van der Waals surface area contributed by atoms with E-state index in [0.717, 1.165) is 29.1 Å². The summed E-state index contributed by atoms with van der Waals surface area (Å²) in [5.74, 6) is 2.00. The van der Waals surface area contributed by atoms with Crippen LogP contribution in [0.3, 0.4) is 0 Å². The topological polar surface area (TPSA) is 49.0 Å². The Hall–Kier alpha value is -2.27. The molecular weight excluding hydrogens is 306 g/mol. The maximum Gasteiger partial charge on any atom is 0.256 e. The zero-order valence-corrected chi connectivity index (χ0v) is 13.4. The largest absolute Gasteiger partial charge is 0.345 e. The summed E-state index contributed by atoms with van der Waals surface area (Å²) in [6.45, 7) is 0.774. The molecule has 0 radical (unpaired) electrons. The van der Waals surface area contributed by atoms with Crippen LogP contribution < -0.4 is 0 Å². The standard InChI is InChI=1S/C18H17N3OS/c22-18(15-11-20-17-14(15)7-4-8-19-17)21-9-10-23-12-16(21)13-5-2-1-3-6-13/h1-8,11,16H,9-10,12H2,(H,19,20)/t16-/m0/s1. The van der Waals surface area contributed by atoms with Crippen molar-refractivity contribution in [1.29, 1.82) is 0 Å². The second-order valence-electron chi connectivity index (χ2n) is 5.60. The van der Waals surface area contributed by atoms with Crippen molar-refractivity contribution >= 4 is 28.7 Å². The first-order valence-corrected chi connectivity index (χ1v) is 8.86. The van der Waals surface area contributed by atoms with Gasteiger partial charge >= 0.3 is 0 Å². The summed E-state index contributed by atoms with van der Waals surface area (Å²) in [4.78, 5) is 22.5. The third-order valence-electron chi connectivity index (χ3n) is 4.26. The van der Waals surface area contributed by atoms with Gasteiger partial charge < -0.3 is 9.88 Å². The van der Waals surface area contributed by atoms with E-state index >= 15 is 0 Å². The number of rotatable bonds is 2. The monoisotopic (exact) mass is 323 g/mol. The van der Waals surface area contributed by atoms with Crippen LogP contribution in [-0.2, 0) is 0 Å². The van der Waals surface area contributed by atoms with Crippen LogP contribution in [0, 0.1) is 0 Å². The maximum absolute atomic E-state index is 13.1. The lowest BCUT2D eigenvalue weighted by Gasteiger charge is -2.35. The number of nitrogens with one attached hydrogen (secondary N) is 1. The number of H-pyrrole nitrogens is 1. The minimum atomic E-state index is 0.0819. The van der Waals surface area contributed by atoms with Gasteiger partial charge in [0, 0.05) is 35.8 Å². The van der Waals surface area contributed by atoms with Crippen LogP contribution in [0.25, 0.3) is 11.0 Å². The third kappa shape index (κ3) is 2.61. The fraction of sp³-hybridized carbons (Fsp3) is 0.222. The lowest BCUT2D eigenvalue weighted by molar-refractivity contribution is 0.0703. The summed E-state index contributed by atoms with van der Waals surface area (Å²) in [7, 11) is 0. The summed E-state index contributed by atoms with van der Waals surface area (Å²) in [5.41, 5.74) is 2.67. The molecule has 1 amide bonds. The molecule has 0 spiro atoms. The number of aromatic amines is 1. The zero-order chi connectivity index (χ0) is 15.6. The van der Waals surface area contributed by atoms with Gasteiger partial charge in [-0.2, -0.15) is 11.8 Å². The predicted octanol–water partition coefficient (Wildman–Crippen LogP) is 3.49. The Morgan fingerprint density at radius 3 is 2.96 bits per heavy atom. The second-order valence-corrected chi connectivity index (χ2v) is 6.75. The average Bonchev–Trinajstić information content (AvgIpc) is 3.06. The maximum atomic E-state index is 13.1. The van der Waals surface area contributed by atoms with Crippen molar-refractivity contribution in [1.82, 2.24) is 14.9 Å². The number of thioether (sulfide) groups is 1. The van der Waals surface area contributed by atoms with E-state index in [9.17, 15) is 4.79 Å². The number of carbonyl (C=O) groups is 1. The van der Waals surface area contributed by atoms with Crippen LogP contribution in [0.1, 0.15) is 22.0 Å². The van der Waals surface area contributed by atoms with Gasteiger partial charge in [-0.3, -0.25) is 4.79 Å². The highest BCUT2D eigenvalue weighted by Crippen LogP contribution is 2.31. The smallest absolute Gasteiger partial charge is 0.256 e. The Morgan fingerprint density at radius 1 is 1.22 bits per heavy atom. The van der Waals surface area contributed by atoms with E-state index in [1.165, 1.54) is 5.56 Å². The van der Waals surface area contributed by atoms with E-state index in [-0.39, 0.29) is 11.9 Å². The van der Waals surface area contributed by atoms with Crippen molar-refractivity contribution in [3.63, 3.8) is 0 Å². The van der Waals surface area contributed by atoms with Crippen molar-refractivity contribution in [2.24, 2.45) is 0 Å². The number of carbonyl (C=O) groups excluding carboxylic acids is 1. The normalized spacial score (nSPS) is 18.3. The highest BCUT2D eigenvalue weighted by molar-refractivity contribution is 7.99. The summed E-state index contributed by atoms with van der Waals surface area (Å²) in [6.07, 6.45) is 3.52. The molecule has 1 aliphatic heterocycles. The van der Waals surface area contributed by atoms with Gasteiger partial charge in [0.25, 0.3) is 5.91 Å². The summed E-state index contributed by atoms with van der Waals surface area (Å²) in [6, 6.07) is 14.2. The molecule has 4 rings (SSSR count). The molecule has 0 bridgehead atoms. The molecule has 1 aliphatic rings. The first-order valence-electron chi connectivity index (χ1n) is 7.70. The van der Waals surface area contributed by atoms with Crippen LogP contribution in [0.4, 0.5) is 0 Å². The lowest BCUT2D eigenvalue weighted by atomic mass is 10.1. The molecular formula is C18H17N3OS. The van der Waals surface area contributed by atoms with Crippen LogP contribution in [0.5, 0.6) is 0 Å². The summed E-state index contributed by atoms with van der Waals surface area (Å²) in [5, 5.41) is 0.891. The second kappa shape index (κ2) is 6.08. The number of nitrogens with zero attached hydrogens (tertiary/aromatic N) is 2. The minimum absolute atomic E-state index is 0.0819. The quantitative estimate of drug-likeness (QED) is 0.785. The van der Waals surface area contributed by atoms with E-state index in [0.29, 0.717) is 5.56 Å². The van der Waals surface area contributed by atoms with Crippen molar-refractivity contribution in [2.75, 3.05) is 18.1 Å². The predicted molar refractivity (Wildman–Crippen MR) is 93.6 cm³/mol. The van der Waals surface area contributed by atoms with Gasteiger partial charge in [0.2, 0.25) is 0 Å². The molecule has 2 aromatic heterocycles. The summed E-state index contributed by atoms with van der Waals surface area (Å²) >= 11 is 1.91. The van der Waals surface area contributed by atoms with E-state index in [4.69, 9.17) is 0 Å². The van der Waals surface area contributed by atoms with Crippen LogP contribution in [0.15, 0.2) is 54.9 Å². The Morgan fingerprint density at radius 2 is 2.09 bits per heavy atom. The first kappa shape index (κ1) is 14.3. The average molecular weight is 323 g/mol. The van der Waals surface area contributed by atoms with Gasteiger partial charge in [-0.1, -0.05) is 30.3 Å². The Bertz CT molecular complexity index is 830. The highest BCUT2D eigenvalue weighted by Gasteiger charge is 2.30. The molecule has 0 aliphatic carbocycles. The number of amides is 1. The van der Waals surface area contributed by atoms with Gasteiger partial charge in [-0.25, -0.2) is 4.98 Å². The number of hydrogen-bond donors (Lipinski definition) is 1. The number of hydrogen-bond acceptors (Lipinski definition) is 3. The van der Waals surface area contributed by atoms with E-state index in [1.807, 2.05) is 47.0 Å². The molecule has 0 saturated carbocycles. The van der Waals surface area contributed by atoms with Gasteiger partial charge in [0.1, 0.15) is 5.65 Å². The number of aromatic nitrogens is 2. The Kier molecular flexibility index (Phi) is 3.79. The van der Waals surface area contributed by atoms with E-state index in [1.54, 1.807) is 12.4 Å². The lowest BCUT2D eigenvalue weighted by Crippen LogP contribution is -2.40. The molecule has 1 fully saturated rings. The van der Waals surface area contributed by atoms with Gasteiger partial charge in [-0.05, 0) is 17.7 Å². The molecule has 1 aromatic carbocycles. The molecule has 0 unspecified atom stereocenters.